The number of carbonyl (C=O) groups is 2. The second-order valence-electron chi connectivity index (χ2n) is 8.41. The van der Waals surface area contributed by atoms with Crippen LogP contribution in [0.15, 0.2) is 65.7 Å². The van der Waals surface area contributed by atoms with Crippen molar-refractivity contribution in [1.82, 2.24) is 14.7 Å². The van der Waals surface area contributed by atoms with Crippen molar-refractivity contribution in [2.75, 3.05) is 33.8 Å². The second kappa shape index (κ2) is 10.1. The molecule has 2 aromatic carbocycles. The first-order valence-electron chi connectivity index (χ1n) is 11.2. The summed E-state index contributed by atoms with van der Waals surface area (Å²) in [5, 5.41) is 9.45. The van der Waals surface area contributed by atoms with E-state index < -0.39 is 6.04 Å². The molecule has 33 heavy (non-hydrogen) atoms. The maximum atomic E-state index is 13.0. The molecule has 3 amide bonds. The van der Waals surface area contributed by atoms with Gasteiger partial charge in [-0.2, -0.15) is 0 Å². The number of fused-ring (bicyclic) bond motifs is 1. The molecule has 1 atom stereocenters. The van der Waals surface area contributed by atoms with Crippen molar-refractivity contribution < 1.29 is 19.3 Å². The molecule has 1 fully saturated rings. The summed E-state index contributed by atoms with van der Waals surface area (Å²) in [4.78, 5) is 35.1. The fourth-order valence-electron chi connectivity index (χ4n) is 4.33. The van der Waals surface area contributed by atoms with E-state index in [0.717, 1.165) is 10.7 Å². The second-order valence-corrected chi connectivity index (χ2v) is 8.41. The van der Waals surface area contributed by atoms with E-state index in [2.05, 4.69) is 29.2 Å². The molecule has 2 aromatic rings. The fraction of sp³-hybridized carbons (Fsp3) is 0.360. The number of likely N-dealkylation sites (N-methyl/N-ethyl adjacent to an activating group) is 2. The molecule has 1 saturated heterocycles. The molecule has 0 spiro atoms. The van der Waals surface area contributed by atoms with Gasteiger partial charge >= 0.3 is 11.9 Å². The Morgan fingerprint density at radius 1 is 0.909 bits per heavy atom. The molecule has 0 bridgehead atoms. The van der Waals surface area contributed by atoms with Crippen LogP contribution in [-0.2, 0) is 17.9 Å². The van der Waals surface area contributed by atoms with E-state index in [1.54, 1.807) is 7.05 Å². The molecule has 8 nitrogen and oxygen atoms in total. The van der Waals surface area contributed by atoms with Crippen molar-refractivity contribution in [3.05, 3.63) is 71.8 Å². The number of aliphatic hydroxyl groups excluding tert-OH is 1. The lowest BCUT2D eigenvalue weighted by atomic mass is 10.1. The minimum absolute atomic E-state index is 0.0162. The van der Waals surface area contributed by atoms with Gasteiger partial charge in [0, 0.05) is 40.2 Å². The third-order valence-electron chi connectivity index (χ3n) is 6.03. The van der Waals surface area contributed by atoms with E-state index in [4.69, 9.17) is 4.99 Å². The van der Waals surface area contributed by atoms with Crippen molar-refractivity contribution in [2.24, 2.45) is 4.99 Å². The molecular weight excluding hydrogens is 418 g/mol. The van der Waals surface area contributed by atoms with Gasteiger partial charge in [0.05, 0.1) is 6.54 Å². The van der Waals surface area contributed by atoms with Crippen molar-refractivity contribution in [3.63, 3.8) is 0 Å². The van der Waals surface area contributed by atoms with Crippen LogP contribution in [0.3, 0.4) is 0 Å². The lowest BCUT2D eigenvalue weighted by Crippen LogP contribution is -2.61. The summed E-state index contributed by atoms with van der Waals surface area (Å²) >= 11 is 0. The quantitative estimate of drug-likeness (QED) is 0.593. The SMILES string of the molecule is CN1C(=O)C2C(=NC(CN(Cc3ccccc3)Cc3ccccc3)=[N+]2CCCO)N(C)C1=O. The Kier molecular flexibility index (Phi) is 6.96. The molecule has 172 valence electrons. The molecule has 0 saturated carbocycles. The number of aliphatic hydroxyl groups is 1. The summed E-state index contributed by atoms with van der Waals surface area (Å²) in [6, 6.07) is 19.4. The third-order valence-corrected chi connectivity index (χ3v) is 6.03. The average Bonchev–Trinajstić information content (AvgIpc) is 3.19. The number of carbonyl (C=O) groups excluding carboxylic acids is 2. The Morgan fingerprint density at radius 2 is 1.48 bits per heavy atom. The highest BCUT2D eigenvalue weighted by atomic mass is 16.3. The van der Waals surface area contributed by atoms with Gasteiger partial charge in [-0.3, -0.25) is 19.5 Å². The average molecular weight is 449 g/mol. The zero-order chi connectivity index (χ0) is 23.4. The van der Waals surface area contributed by atoms with E-state index >= 15 is 0 Å². The van der Waals surface area contributed by atoms with Gasteiger partial charge in [0.1, 0.15) is 6.54 Å². The first-order chi connectivity index (χ1) is 16.0. The summed E-state index contributed by atoms with van der Waals surface area (Å²) in [6.07, 6.45) is 0.509. The first-order valence-corrected chi connectivity index (χ1v) is 11.2. The normalized spacial score (nSPS) is 18.3. The van der Waals surface area contributed by atoms with Gasteiger partial charge in [-0.25, -0.2) is 9.37 Å². The number of hydrogen-bond acceptors (Lipinski definition) is 5. The van der Waals surface area contributed by atoms with Crippen LogP contribution in [0.4, 0.5) is 4.79 Å². The van der Waals surface area contributed by atoms with E-state index in [9.17, 15) is 14.7 Å². The van der Waals surface area contributed by atoms with E-state index in [1.807, 2.05) is 41.0 Å². The van der Waals surface area contributed by atoms with Gasteiger partial charge in [-0.15, -0.1) is 0 Å². The molecule has 1 unspecified atom stereocenters. The molecule has 4 rings (SSSR count). The summed E-state index contributed by atoms with van der Waals surface area (Å²) in [6.45, 7) is 2.43. The van der Waals surface area contributed by atoms with E-state index in [1.165, 1.54) is 23.1 Å². The Balaban J connectivity index is 1.67. The van der Waals surface area contributed by atoms with Crippen LogP contribution in [0.5, 0.6) is 0 Å². The lowest BCUT2D eigenvalue weighted by molar-refractivity contribution is -0.537. The van der Waals surface area contributed by atoms with E-state index in [0.29, 0.717) is 38.4 Å². The number of nitrogens with zero attached hydrogens (tertiary/aromatic N) is 5. The number of imide groups is 1. The molecule has 2 aliphatic rings. The Bertz CT molecular complexity index is 1030. The molecule has 0 aliphatic carbocycles. The van der Waals surface area contributed by atoms with Crippen LogP contribution >= 0.6 is 0 Å². The molecule has 2 aliphatic heterocycles. The van der Waals surface area contributed by atoms with Gasteiger partial charge in [-0.1, -0.05) is 60.7 Å². The zero-order valence-corrected chi connectivity index (χ0v) is 19.1. The molecule has 0 radical (unpaired) electrons. The van der Waals surface area contributed by atoms with Crippen LogP contribution in [0.2, 0.25) is 0 Å². The Hall–Kier alpha value is -3.36. The van der Waals surface area contributed by atoms with Gasteiger partial charge < -0.3 is 5.11 Å². The number of benzene rings is 2. The third kappa shape index (κ3) is 4.86. The van der Waals surface area contributed by atoms with Crippen molar-refractivity contribution >= 4 is 23.6 Å². The zero-order valence-electron chi connectivity index (χ0n) is 19.1. The standard InChI is InChI=1S/C25H30N5O3/c1-27-23-22(24(32)28(2)25(27)33)30(14-9-15-31)21(26-23)18-29(16-19-10-5-3-6-11-19)17-20-12-7-4-8-13-20/h3-8,10-13,22,31H,9,14-18H2,1-2H3/q+1. The van der Waals surface area contributed by atoms with Crippen molar-refractivity contribution in [2.45, 2.75) is 25.6 Å². The maximum Gasteiger partial charge on any atom is 0.333 e. The number of hydrogen-bond donors (Lipinski definition) is 1. The molecule has 0 aromatic heterocycles. The Morgan fingerprint density at radius 3 is 2.03 bits per heavy atom. The summed E-state index contributed by atoms with van der Waals surface area (Å²) in [5.74, 6) is 0.900. The number of amidine groups is 2. The van der Waals surface area contributed by atoms with Crippen molar-refractivity contribution in [1.29, 1.82) is 0 Å². The summed E-state index contributed by atoms with van der Waals surface area (Å²) in [7, 11) is 3.15. The largest absolute Gasteiger partial charge is 0.396 e. The van der Waals surface area contributed by atoms with Gasteiger partial charge in [-0.05, 0) is 16.1 Å². The summed E-state index contributed by atoms with van der Waals surface area (Å²) < 4.78 is 1.94. The van der Waals surface area contributed by atoms with Crippen LogP contribution < -0.4 is 0 Å². The van der Waals surface area contributed by atoms with Crippen LogP contribution in [0.25, 0.3) is 0 Å². The fourth-order valence-corrected chi connectivity index (χ4v) is 4.33. The maximum absolute atomic E-state index is 13.0. The molecule has 1 N–H and O–H groups in total. The lowest BCUT2D eigenvalue weighted by Gasteiger charge is -2.30. The topological polar surface area (TPSA) is 79.5 Å². The Labute approximate surface area is 194 Å². The number of urea groups is 1. The van der Waals surface area contributed by atoms with Gasteiger partial charge in [0.2, 0.25) is 0 Å². The number of rotatable bonds is 9. The number of aliphatic imine (C=N–C) groups is 1. The molecule has 2 heterocycles. The monoisotopic (exact) mass is 448 g/mol. The van der Waals surface area contributed by atoms with E-state index in [-0.39, 0.29) is 18.5 Å². The highest BCUT2D eigenvalue weighted by Gasteiger charge is 2.52. The van der Waals surface area contributed by atoms with Crippen LogP contribution in [0.1, 0.15) is 17.5 Å². The van der Waals surface area contributed by atoms with Crippen LogP contribution in [-0.4, -0.2) is 87.8 Å². The smallest absolute Gasteiger partial charge is 0.333 e. The highest BCUT2D eigenvalue weighted by Crippen LogP contribution is 2.20. The van der Waals surface area contributed by atoms with Crippen molar-refractivity contribution in [3.8, 4) is 0 Å². The highest BCUT2D eigenvalue weighted by molar-refractivity contribution is 6.23. The number of amides is 3. The predicted octanol–water partition coefficient (Wildman–Crippen LogP) is 1.79. The molecular formula is C25H30N5O3+. The minimum atomic E-state index is -0.644. The van der Waals surface area contributed by atoms with Gasteiger partial charge in [0.25, 0.3) is 17.8 Å². The minimum Gasteiger partial charge on any atom is -0.396 e. The van der Waals surface area contributed by atoms with Gasteiger partial charge in [0.15, 0.2) is 0 Å². The summed E-state index contributed by atoms with van der Waals surface area (Å²) in [5.41, 5.74) is 2.37. The first kappa shape index (κ1) is 22.8. The molecule has 8 heteroatoms. The van der Waals surface area contributed by atoms with Crippen LogP contribution in [0, 0.1) is 0 Å². The predicted molar refractivity (Wildman–Crippen MR) is 126 cm³/mol.